The first kappa shape index (κ1) is 23.9. The molecule has 1 unspecified atom stereocenters. The van der Waals surface area contributed by atoms with E-state index in [4.69, 9.17) is 9.73 Å². The second kappa shape index (κ2) is 10.2. The Bertz CT molecular complexity index is 396. The molecule has 0 aromatic carbocycles. The molecule has 6 heteroatoms. The summed E-state index contributed by atoms with van der Waals surface area (Å²) in [7, 11) is 4.20. The van der Waals surface area contributed by atoms with Gasteiger partial charge in [-0.25, -0.2) is 0 Å². The Balaban J connectivity index is 0.00000529. The predicted octanol–water partition coefficient (Wildman–Crippen LogP) is 3.05. The van der Waals surface area contributed by atoms with Crippen molar-refractivity contribution in [1.82, 2.24) is 15.1 Å². The fourth-order valence-corrected chi connectivity index (χ4v) is 2.85. The molecule has 1 heterocycles. The van der Waals surface area contributed by atoms with Gasteiger partial charge in [0, 0.05) is 37.2 Å². The molecule has 5 nitrogen and oxygen atoms in total. The maximum absolute atomic E-state index is 5.87. The van der Waals surface area contributed by atoms with Crippen molar-refractivity contribution in [2.24, 2.45) is 10.4 Å². The van der Waals surface area contributed by atoms with E-state index in [2.05, 4.69) is 70.8 Å². The van der Waals surface area contributed by atoms with Gasteiger partial charge in [0.15, 0.2) is 5.96 Å². The highest BCUT2D eigenvalue weighted by Crippen LogP contribution is 2.46. The largest absolute Gasteiger partial charge is 0.377 e. The van der Waals surface area contributed by atoms with Crippen molar-refractivity contribution < 1.29 is 4.74 Å². The lowest BCUT2D eigenvalue weighted by molar-refractivity contribution is -0.0669. The third-order valence-electron chi connectivity index (χ3n) is 5.22. The molecular weight excluding hydrogens is 415 g/mol. The first-order valence-corrected chi connectivity index (χ1v) is 8.98. The van der Waals surface area contributed by atoms with Gasteiger partial charge in [0.25, 0.3) is 0 Å². The quantitative estimate of drug-likeness (QED) is 0.348. The number of likely N-dealkylation sites (tertiary alicyclic amines) is 1. The Labute approximate surface area is 166 Å². The highest BCUT2D eigenvalue weighted by Gasteiger charge is 2.53. The smallest absolute Gasteiger partial charge is 0.194 e. The zero-order valence-corrected chi connectivity index (χ0v) is 19.3. The molecule has 1 atom stereocenters. The molecular formula is C18H39IN4O. The van der Waals surface area contributed by atoms with Gasteiger partial charge in [-0.05, 0) is 48.2 Å². The molecule has 0 bridgehead atoms. The minimum atomic E-state index is 0. The average molecular weight is 454 g/mol. The van der Waals surface area contributed by atoms with Crippen molar-refractivity contribution in [2.45, 2.75) is 59.6 Å². The molecule has 1 aliphatic heterocycles. The van der Waals surface area contributed by atoms with E-state index in [1.54, 1.807) is 0 Å². The van der Waals surface area contributed by atoms with Crippen molar-refractivity contribution >= 4 is 29.9 Å². The molecule has 0 spiro atoms. The fourth-order valence-electron chi connectivity index (χ4n) is 2.85. The molecule has 1 saturated heterocycles. The lowest BCUT2D eigenvalue weighted by Crippen LogP contribution is -2.72. The minimum Gasteiger partial charge on any atom is -0.377 e. The van der Waals surface area contributed by atoms with E-state index < -0.39 is 0 Å². The van der Waals surface area contributed by atoms with Gasteiger partial charge in [0.1, 0.15) is 0 Å². The molecule has 0 amide bonds. The molecule has 0 aromatic heterocycles. The van der Waals surface area contributed by atoms with Crippen LogP contribution in [-0.2, 0) is 4.74 Å². The topological polar surface area (TPSA) is 40.1 Å². The van der Waals surface area contributed by atoms with Crippen LogP contribution in [0.2, 0.25) is 0 Å². The summed E-state index contributed by atoms with van der Waals surface area (Å²) in [6.07, 6.45) is 1.20. The van der Waals surface area contributed by atoms with Crippen LogP contribution in [0.5, 0.6) is 0 Å². The lowest BCUT2D eigenvalue weighted by Gasteiger charge is -2.62. The van der Waals surface area contributed by atoms with Gasteiger partial charge in [0.2, 0.25) is 0 Å². The number of halogens is 1. The van der Waals surface area contributed by atoms with Crippen LogP contribution in [0.1, 0.15) is 48.0 Å². The van der Waals surface area contributed by atoms with E-state index in [0.29, 0.717) is 5.41 Å². The summed E-state index contributed by atoms with van der Waals surface area (Å²) < 4.78 is 5.87. The Kier molecular flexibility index (Phi) is 10.1. The summed E-state index contributed by atoms with van der Waals surface area (Å²) in [4.78, 5) is 9.47. The zero-order chi connectivity index (χ0) is 17.7. The molecule has 1 rings (SSSR count). The summed E-state index contributed by atoms with van der Waals surface area (Å²) in [5, 5.41) is 3.45. The van der Waals surface area contributed by atoms with Crippen LogP contribution in [0.3, 0.4) is 0 Å². The van der Waals surface area contributed by atoms with Gasteiger partial charge < -0.3 is 19.9 Å². The van der Waals surface area contributed by atoms with E-state index in [1.807, 2.05) is 0 Å². The van der Waals surface area contributed by atoms with E-state index in [-0.39, 0.29) is 35.6 Å². The average Bonchev–Trinajstić information content (AvgIpc) is 2.46. The number of rotatable bonds is 8. The first-order chi connectivity index (χ1) is 10.7. The van der Waals surface area contributed by atoms with Crippen molar-refractivity contribution in [3.63, 3.8) is 0 Å². The molecule has 0 aromatic rings. The maximum Gasteiger partial charge on any atom is 0.194 e. The van der Waals surface area contributed by atoms with Crippen LogP contribution in [0.4, 0.5) is 0 Å². The monoisotopic (exact) mass is 454 g/mol. The highest BCUT2D eigenvalue weighted by molar-refractivity contribution is 14.0. The highest BCUT2D eigenvalue weighted by atomic mass is 127. The number of ether oxygens (including phenoxy) is 1. The van der Waals surface area contributed by atoms with Gasteiger partial charge in [-0.3, -0.25) is 4.99 Å². The lowest BCUT2D eigenvalue weighted by atomic mass is 9.65. The SMILES string of the molecule is CCNC(=NCC(CCN(C)C)OCC)N1CC(C)(C)C1(C)C.I. The third kappa shape index (κ3) is 6.02. The molecule has 144 valence electrons. The van der Waals surface area contributed by atoms with E-state index >= 15 is 0 Å². The third-order valence-corrected chi connectivity index (χ3v) is 5.22. The van der Waals surface area contributed by atoms with Crippen LogP contribution in [-0.4, -0.2) is 74.3 Å². The molecule has 0 saturated carbocycles. The number of aliphatic imine (C=N–C) groups is 1. The van der Waals surface area contributed by atoms with Crippen molar-refractivity contribution in [3.8, 4) is 0 Å². The molecule has 24 heavy (non-hydrogen) atoms. The molecule has 1 fully saturated rings. The van der Waals surface area contributed by atoms with Crippen LogP contribution in [0, 0.1) is 5.41 Å². The van der Waals surface area contributed by atoms with E-state index in [0.717, 1.165) is 45.2 Å². The number of hydrogen-bond acceptors (Lipinski definition) is 3. The Morgan fingerprint density at radius 1 is 1.25 bits per heavy atom. The Morgan fingerprint density at radius 2 is 1.88 bits per heavy atom. The molecule has 0 radical (unpaired) electrons. The summed E-state index contributed by atoms with van der Waals surface area (Å²) >= 11 is 0. The van der Waals surface area contributed by atoms with Gasteiger partial charge in [-0.2, -0.15) is 0 Å². The number of guanidine groups is 1. The molecule has 0 aliphatic carbocycles. The first-order valence-electron chi connectivity index (χ1n) is 8.98. The number of hydrogen-bond donors (Lipinski definition) is 1. The second-order valence-electron chi connectivity index (χ2n) is 7.89. The van der Waals surface area contributed by atoms with Crippen molar-refractivity contribution in [3.05, 3.63) is 0 Å². The summed E-state index contributed by atoms with van der Waals surface area (Å²) in [5.41, 5.74) is 0.437. The molecule has 1 aliphatic rings. The summed E-state index contributed by atoms with van der Waals surface area (Å²) in [6, 6.07) is 0. The normalized spacial score (nSPS) is 20.4. The van der Waals surface area contributed by atoms with Gasteiger partial charge in [0.05, 0.1) is 12.6 Å². The van der Waals surface area contributed by atoms with Crippen molar-refractivity contribution in [1.29, 1.82) is 0 Å². The van der Waals surface area contributed by atoms with Crippen molar-refractivity contribution in [2.75, 3.05) is 46.9 Å². The number of nitrogens with zero attached hydrogens (tertiary/aromatic N) is 3. The summed E-state index contributed by atoms with van der Waals surface area (Å²) in [6.45, 7) is 17.9. The van der Waals surface area contributed by atoms with Gasteiger partial charge >= 0.3 is 0 Å². The van der Waals surface area contributed by atoms with Gasteiger partial charge in [-0.1, -0.05) is 13.8 Å². The van der Waals surface area contributed by atoms with Crippen LogP contribution < -0.4 is 5.32 Å². The minimum absolute atomic E-state index is 0. The van der Waals surface area contributed by atoms with Crippen LogP contribution in [0.15, 0.2) is 4.99 Å². The Morgan fingerprint density at radius 3 is 2.29 bits per heavy atom. The summed E-state index contributed by atoms with van der Waals surface area (Å²) in [5.74, 6) is 1.02. The fraction of sp³-hybridized carbons (Fsp3) is 0.944. The number of nitrogens with one attached hydrogen (secondary N) is 1. The second-order valence-corrected chi connectivity index (χ2v) is 7.89. The maximum atomic E-state index is 5.87. The standard InChI is InChI=1S/C18H38N4O.HI/c1-9-19-16(22-14-17(3,4)18(22,5)6)20-13-15(23-10-2)11-12-21(7)8;/h15H,9-14H2,1-8H3,(H,19,20);1H. The Hall–Kier alpha value is -0.0800. The zero-order valence-electron chi connectivity index (χ0n) is 17.0. The van der Waals surface area contributed by atoms with E-state index in [1.165, 1.54) is 0 Å². The van der Waals surface area contributed by atoms with E-state index in [9.17, 15) is 0 Å². The predicted molar refractivity (Wildman–Crippen MR) is 115 cm³/mol. The molecule has 1 N–H and O–H groups in total. The van der Waals surface area contributed by atoms with Crippen LogP contribution >= 0.6 is 24.0 Å². The van der Waals surface area contributed by atoms with Gasteiger partial charge in [-0.15, -0.1) is 24.0 Å². The van der Waals surface area contributed by atoms with Crippen LogP contribution in [0.25, 0.3) is 0 Å².